The summed E-state index contributed by atoms with van der Waals surface area (Å²) in [5.41, 5.74) is 5.25. The topological polar surface area (TPSA) is 40.1 Å². The van der Waals surface area contributed by atoms with Crippen LogP contribution >= 0.6 is 12.2 Å². The lowest BCUT2D eigenvalue weighted by Gasteiger charge is -2.01. The number of nitrogens with zero attached hydrogens (tertiary/aromatic N) is 1. The number of hydrogen-bond donors (Lipinski definition) is 1. The van der Waals surface area contributed by atoms with Gasteiger partial charge in [0.25, 0.3) is 0 Å². The Hall–Kier alpha value is -0.310. The van der Waals surface area contributed by atoms with Crippen molar-refractivity contribution in [3.05, 3.63) is 0 Å². The lowest BCUT2D eigenvalue weighted by Crippen LogP contribution is -2.22. The van der Waals surface area contributed by atoms with Gasteiger partial charge in [-0.2, -0.15) is 0 Å². The van der Waals surface area contributed by atoms with E-state index in [1.807, 2.05) is 0 Å². The highest BCUT2D eigenvalue weighted by molar-refractivity contribution is 7.80. The van der Waals surface area contributed by atoms with Gasteiger partial charge in [0.15, 0.2) is 5.11 Å². The quantitative estimate of drug-likeness (QED) is 0.474. The molecule has 0 bridgehead atoms. The summed E-state index contributed by atoms with van der Waals surface area (Å²) < 4.78 is 0. The minimum absolute atomic E-state index is 0.299. The number of unbranched alkanes of at least 4 members (excludes halogenated alkanes) is 7. The van der Waals surface area contributed by atoms with E-state index >= 15 is 0 Å². The first-order valence-corrected chi connectivity index (χ1v) is 6.15. The van der Waals surface area contributed by atoms with Gasteiger partial charge in [-0.25, -0.2) is 0 Å². The highest BCUT2D eigenvalue weighted by Crippen LogP contribution is 2.07. The van der Waals surface area contributed by atoms with Gasteiger partial charge >= 0.3 is 0 Å². The highest BCUT2D eigenvalue weighted by atomic mass is 32.1. The van der Waals surface area contributed by atoms with E-state index in [1.54, 1.807) is 0 Å². The second-order valence-electron chi connectivity index (χ2n) is 3.69. The Morgan fingerprint density at radius 3 is 2.00 bits per heavy atom. The van der Waals surface area contributed by atoms with Crippen LogP contribution in [0.3, 0.4) is 0 Å². The molecule has 0 saturated heterocycles. The minimum Gasteiger partial charge on any atom is -0.375 e. The van der Waals surface area contributed by atoms with Crippen LogP contribution in [-0.2, 0) is 0 Å². The average molecular weight is 215 g/mol. The molecule has 1 radical (unpaired) electrons. The molecule has 3 heteroatoms. The van der Waals surface area contributed by atoms with Crippen molar-refractivity contribution in [3.63, 3.8) is 0 Å². The molecule has 14 heavy (non-hydrogen) atoms. The summed E-state index contributed by atoms with van der Waals surface area (Å²) in [6.45, 7) is 3.06. The van der Waals surface area contributed by atoms with Crippen LogP contribution < -0.4 is 11.1 Å². The molecule has 0 aromatic heterocycles. The first-order valence-electron chi connectivity index (χ1n) is 5.74. The fourth-order valence-corrected chi connectivity index (χ4v) is 1.53. The van der Waals surface area contributed by atoms with Gasteiger partial charge in [0.05, 0.1) is 0 Å². The van der Waals surface area contributed by atoms with Gasteiger partial charge in [0, 0.05) is 6.54 Å². The Morgan fingerprint density at radius 2 is 1.50 bits per heavy atom. The first-order chi connectivity index (χ1) is 6.77. The van der Waals surface area contributed by atoms with Crippen LogP contribution in [0, 0.1) is 0 Å². The van der Waals surface area contributed by atoms with Crippen molar-refractivity contribution in [2.75, 3.05) is 6.54 Å². The maximum atomic E-state index is 5.25. The van der Waals surface area contributed by atoms with E-state index < -0.39 is 0 Å². The predicted molar refractivity (Wildman–Crippen MR) is 66.4 cm³/mol. The standard InChI is InChI=1S/C11H23N2S/c1-2-3-4-5-6-7-8-9-10-13-11(12)14/h2-10H2,1H3,(H2,12,14). The number of rotatable bonds is 9. The van der Waals surface area contributed by atoms with Crippen LogP contribution in [0.1, 0.15) is 58.3 Å². The third-order valence-corrected chi connectivity index (χ3v) is 2.41. The van der Waals surface area contributed by atoms with Crippen LogP contribution in [0.4, 0.5) is 0 Å². The van der Waals surface area contributed by atoms with Gasteiger partial charge in [0.2, 0.25) is 0 Å². The lowest BCUT2D eigenvalue weighted by atomic mass is 10.1. The van der Waals surface area contributed by atoms with Crippen molar-refractivity contribution >= 4 is 17.3 Å². The molecule has 0 aliphatic heterocycles. The summed E-state index contributed by atoms with van der Waals surface area (Å²) in [6.07, 6.45) is 10.6. The van der Waals surface area contributed by atoms with Crippen LogP contribution in [0.2, 0.25) is 0 Å². The Balaban J connectivity index is 2.88. The summed E-state index contributed by atoms with van der Waals surface area (Å²) in [5, 5.41) is 4.28. The van der Waals surface area contributed by atoms with Gasteiger partial charge in [-0.1, -0.05) is 51.9 Å². The lowest BCUT2D eigenvalue weighted by molar-refractivity contribution is 0.572. The molecule has 0 fully saturated rings. The molecule has 0 atom stereocenters. The molecule has 2 N–H and O–H groups in total. The van der Waals surface area contributed by atoms with Crippen molar-refractivity contribution in [1.82, 2.24) is 5.32 Å². The maximum absolute atomic E-state index is 5.25. The van der Waals surface area contributed by atoms with Crippen molar-refractivity contribution in [2.24, 2.45) is 5.73 Å². The van der Waals surface area contributed by atoms with Crippen molar-refractivity contribution in [1.29, 1.82) is 0 Å². The van der Waals surface area contributed by atoms with Gasteiger partial charge in [-0.15, -0.1) is 0 Å². The van der Waals surface area contributed by atoms with Gasteiger partial charge < -0.3 is 5.73 Å². The third kappa shape index (κ3) is 11.7. The van der Waals surface area contributed by atoms with Crippen LogP contribution in [0.25, 0.3) is 0 Å². The third-order valence-electron chi connectivity index (χ3n) is 2.28. The zero-order chi connectivity index (χ0) is 10.6. The van der Waals surface area contributed by atoms with Gasteiger partial charge in [-0.05, 0) is 18.6 Å². The minimum atomic E-state index is 0.299. The average Bonchev–Trinajstić information content (AvgIpc) is 2.15. The maximum Gasteiger partial charge on any atom is 0.185 e. The second-order valence-corrected chi connectivity index (χ2v) is 4.11. The Kier molecular flexibility index (Phi) is 10.5. The first kappa shape index (κ1) is 13.7. The summed E-state index contributed by atoms with van der Waals surface area (Å²) in [5.74, 6) is 0. The summed E-state index contributed by atoms with van der Waals surface area (Å²) in [7, 11) is 0. The fraction of sp³-hybridized carbons (Fsp3) is 0.909. The Bertz CT molecular complexity index is 137. The SMILES string of the molecule is CCCCCCCCCC[N]C(N)=S. The smallest absolute Gasteiger partial charge is 0.185 e. The molecule has 0 aliphatic carbocycles. The summed E-state index contributed by atoms with van der Waals surface area (Å²) in [6, 6.07) is 0. The van der Waals surface area contributed by atoms with Gasteiger partial charge in [-0.3, -0.25) is 5.32 Å². The van der Waals surface area contributed by atoms with E-state index in [2.05, 4.69) is 24.5 Å². The van der Waals surface area contributed by atoms with E-state index in [0.717, 1.165) is 13.0 Å². The highest BCUT2D eigenvalue weighted by Gasteiger charge is 1.92. The van der Waals surface area contributed by atoms with Crippen LogP contribution in [0.15, 0.2) is 0 Å². The molecule has 0 heterocycles. The van der Waals surface area contributed by atoms with E-state index in [1.165, 1.54) is 44.9 Å². The van der Waals surface area contributed by atoms with E-state index in [0.29, 0.717) is 5.11 Å². The zero-order valence-corrected chi connectivity index (χ0v) is 10.1. The monoisotopic (exact) mass is 215 g/mol. The predicted octanol–water partition coefficient (Wildman–Crippen LogP) is 2.98. The molecular weight excluding hydrogens is 192 g/mol. The molecule has 0 aliphatic rings. The Labute approximate surface area is 93.6 Å². The number of nitrogens with two attached hydrogens (primary N) is 1. The number of hydrogen-bond acceptors (Lipinski definition) is 1. The van der Waals surface area contributed by atoms with E-state index in [9.17, 15) is 0 Å². The molecule has 0 aromatic carbocycles. The van der Waals surface area contributed by atoms with Crippen LogP contribution in [0.5, 0.6) is 0 Å². The Morgan fingerprint density at radius 1 is 1.00 bits per heavy atom. The molecule has 0 aromatic rings. The fourth-order valence-electron chi connectivity index (χ4n) is 1.43. The molecule has 0 spiro atoms. The normalized spacial score (nSPS) is 10.1. The van der Waals surface area contributed by atoms with E-state index in [4.69, 9.17) is 5.73 Å². The van der Waals surface area contributed by atoms with Crippen molar-refractivity contribution in [3.8, 4) is 0 Å². The van der Waals surface area contributed by atoms with Crippen molar-refractivity contribution in [2.45, 2.75) is 58.3 Å². The van der Waals surface area contributed by atoms with Gasteiger partial charge in [0.1, 0.15) is 0 Å². The van der Waals surface area contributed by atoms with Crippen molar-refractivity contribution < 1.29 is 0 Å². The summed E-state index contributed by atoms with van der Waals surface area (Å²) >= 11 is 4.66. The zero-order valence-electron chi connectivity index (χ0n) is 9.30. The molecule has 2 nitrogen and oxygen atoms in total. The largest absolute Gasteiger partial charge is 0.375 e. The molecule has 0 rings (SSSR count). The molecule has 0 saturated carbocycles. The van der Waals surface area contributed by atoms with E-state index in [-0.39, 0.29) is 0 Å². The van der Waals surface area contributed by atoms with Crippen LogP contribution in [-0.4, -0.2) is 11.7 Å². The molecule has 0 unspecified atom stereocenters. The second kappa shape index (κ2) is 10.8. The molecular formula is C11H23N2S. The number of thiocarbonyl (C=S) groups is 1. The summed E-state index contributed by atoms with van der Waals surface area (Å²) in [4.78, 5) is 0. The molecule has 83 valence electrons. The molecule has 0 amide bonds.